The summed E-state index contributed by atoms with van der Waals surface area (Å²) in [5.74, 6) is 1.02. The molecule has 3 aromatic carbocycles. The minimum absolute atomic E-state index is 0.0766. The molecule has 1 N–H and O–H groups in total. The highest BCUT2D eigenvalue weighted by atomic mass is 31.1. The van der Waals surface area contributed by atoms with Crippen molar-refractivity contribution < 1.29 is 32.5 Å². The Labute approximate surface area is 229 Å². The summed E-state index contributed by atoms with van der Waals surface area (Å²) in [4.78, 5) is 14.9. The molecule has 39 heavy (non-hydrogen) atoms. The zero-order chi connectivity index (χ0) is 28.3. The number of fused-ring (bicyclic) bond motifs is 1. The predicted molar refractivity (Wildman–Crippen MR) is 149 cm³/mol. The summed E-state index contributed by atoms with van der Waals surface area (Å²) < 4.78 is 47.3. The van der Waals surface area contributed by atoms with Crippen LogP contribution in [-0.2, 0) is 20.5 Å². The Hall–Kier alpha value is -3.68. The molecule has 3 aromatic rings. The number of hydrogen-bond donors (Lipinski definition) is 1. The Morgan fingerprint density at radius 2 is 1.79 bits per heavy atom. The van der Waals surface area contributed by atoms with Crippen LogP contribution in [0.1, 0.15) is 31.9 Å². The lowest BCUT2D eigenvalue weighted by molar-refractivity contribution is -0.121. The van der Waals surface area contributed by atoms with Crippen molar-refractivity contribution >= 4 is 26.0 Å². The van der Waals surface area contributed by atoms with Gasteiger partial charge in [0.15, 0.2) is 0 Å². The quantitative estimate of drug-likeness (QED) is 0.285. The molecule has 1 aliphatic heterocycles. The lowest BCUT2D eigenvalue weighted by Gasteiger charge is -2.39. The van der Waals surface area contributed by atoms with Crippen LogP contribution in [0.2, 0.25) is 0 Å². The van der Waals surface area contributed by atoms with E-state index in [0.29, 0.717) is 22.9 Å². The number of hydrogen-bond acceptors (Lipinski definition) is 7. The van der Waals surface area contributed by atoms with Crippen LogP contribution in [0.5, 0.6) is 17.2 Å². The van der Waals surface area contributed by atoms with Gasteiger partial charge in [-0.15, -0.1) is 0 Å². The van der Waals surface area contributed by atoms with Crippen LogP contribution in [0.15, 0.2) is 48.5 Å². The number of aryl methyl sites for hydroxylation is 1. The number of ether oxygens (including phenoxy) is 3. The van der Waals surface area contributed by atoms with Crippen molar-refractivity contribution in [2.75, 3.05) is 31.0 Å². The second-order valence-corrected chi connectivity index (χ2v) is 10.3. The first-order chi connectivity index (χ1) is 18.6. The maximum absolute atomic E-state index is 14.0. The number of benzene rings is 3. The highest BCUT2D eigenvalue weighted by Gasteiger charge is 2.38. The van der Waals surface area contributed by atoms with Gasteiger partial charge < -0.3 is 24.4 Å². The van der Waals surface area contributed by atoms with Gasteiger partial charge in [0.2, 0.25) is 0 Å². The minimum Gasteiger partial charge on any atom is -0.496 e. The molecule has 8 nitrogen and oxygen atoms in total. The van der Waals surface area contributed by atoms with Gasteiger partial charge in [-0.05, 0) is 63.1 Å². The smallest absolute Gasteiger partial charge is 0.327 e. The molecule has 0 saturated carbocycles. The molecule has 0 fully saturated rings. The summed E-state index contributed by atoms with van der Waals surface area (Å²) in [6.45, 7) is 7.55. The number of rotatable bonds is 10. The lowest BCUT2D eigenvalue weighted by Crippen LogP contribution is -2.52. The van der Waals surface area contributed by atoms with Crippen LogP contribution in [0.4, 0.5) is 15.8 Å². The van der Waals surface area contributed by atoms with Gasteiger partial charge >= 0.3 is 8.69 Å². The molecule has 0 spiro atoms. The second kappa shape index (κ2) is 11.6. The number of amides is 1. The standard InChI is InChI=1S/C29H32FN2O6P/c1-17-7-8-19(30)13-25(17)37-16-23-21(11-12-24-27(23)32(5)28(33)29(3,4)31-24)22-10-9-20(14-26(22)35-6)36-15-18(2)38-39-34/h7-14,18,31H,15-16H2,1-6H3. The van der Waals surface area contributed by atoms with Crippen LogP contribution in [0, 0.1) is 12.7 Å². The fourth-order valence-corrected chi connectivity index (χ4v) is 4.82. The first kappa shape index (κ1) is 28.3. The Balaban J connectivity index is 1.79. The maximum Gasteiger partial charge on any atom is 0.327 e. The molecule has 1 aliphatic rings. The molecular formula is C29H32FN2O6P. The number of halogens is 1. The third-order valence-electron chi connectivity index (χ3n) is 6.60. The third-order valence-corrected chi connectivity index (χ3v) is 7.04. The van der Waals surface area contributed by atoms with Crippen LogP contribution < -0.4 is 24.4 Å². The van der Waals surface area contributed by atoms with Gasteiger partial charge in [0, 0.05) is 30.3 Å². The Kier molecular flexibility index (Phi) is 8.42. The van der Waals surface area contributed by atoms with E-state index in [0.717, 1.165) is 27.9 Å². The topological polar surface area (TPSA) is 86.3 Å². The second-order valence-electron chi connectivity index (χ2n) is 9.96. The maximum atomic E-state index is 14.0. The van der Waals surface area contributed by atoms with Gasteiger partial charge in [0.25, 0.3) is 5.91 Å². The van der Waals surface area contributed by atoms with Crippen LogP contribution in [0.3, 0.4) is 0 Å². The van der Waals surface area contributed by atoms with E-state index in [1.54, 1.807) is 44.2 Å². The fourth-order valence-electron chi connectivity index (χ4n) is 4.61. The lowest BCUT2D eigenvalue weighted by atomic mass is 9.91. The summed E-state index contributed by atoms with van der Waals surface area (Å²) in [7, 11) is 2.90. The van der Waals surface area contributed by atoms with E-state index in [-0.39, 0.29) is 25.2 Å². The molecule has 0 saturated heterocycles. The number of methoxy groups -OCH3 is 1. The van der Waals surface area contributed by atoms with Gasteiger partial charge in [-0.2, -0.15) is 0 Å². The molecule has 1 atom stereocenters. The van der Waals surface area contributed by atoms with Crippen molar-refractivity contribution in [2.45, 2.75) is 45.9 Å². The molecule has 4 rings (SSSR count). The van der Waals surface area contributed by atoms with Gasteiger partial charge in [-0.25, -0.2) is 8.96 Å². The Morgan fingerprint density at radius 1 is 1.05 bits per heavy atom. The number of nitrogens with zero attached hydrogens (tertiary/aromatic N) is 1. The number of likely N-dealkylation sites (N-methyl/N-ethyl adjacent to an activating group) is 1. The summed E-state index contributed by atoms with van der Waals surface area (Å²) >= 11 is 0. The first-order valence-electron chi connectivity index (χ1n) is 12.5. The van der Waals surface area contributed by atoms with Crippen molar-refractivity contribution in [2.24, 2.45) is 0 Å². The minimum atomic E-state index is -0.788. The summed E-state index contributed by atoms with van der Waals surface area (Å²) in [6.07, 6.45) is -0.365. The average Bonchev–Trinajstić information content (AvgIpc) is 2.90. The van der Waals surface area contributed by atoms with E-state index >= 15 is 0 Å². The van der Waals surface area contributed by atoms with E-state index < -0.39 is 20.0 Å². The molecule has 0 aromatic heterocycles. The highest BCUT2D eigenvalue weighted by Crippen LogP contribution is 2.45. The molecule has 1 unspecified atom stereocenters. The normalized spacial score (nSPS) is 14.9. The van der Waals surface area contributed by atoms with E-state index in [4.69, 9.17) is 18.7 Å². The molecule has 0 radical (unpaired) electrons. The van der Waals surface area contributed by atoms with Crippen LogP contribution in [-0.4, -0.2) is 38.3 Å². The summed E-state index contributed by atoms with van der Waals surface area (Å²) in [6, 6.07) is 13.7. The van der Waals surface area contributed by atoms with E-state index in [1.165, 1.54) is 12.1 Å². The summed E-state index contributed by atoms with van der Waals surface area (Å²) in [5, 5.41) is 3.34. The monoisotopic (exact) mass is 554 g/mol. The van der Waals surface area contributed by atoms with Gasteiger partial charge in [-0.1, -0.05) is 12.1 Å². The summed E-state index contributed by atoms with van der Waals surface area (Å²) in [5.41, 5.74) is 3.74. The predicted octanol–water partition coefficient (Wildman–Crippen LogP) is 6.55. The van der Waals surface area contributed by atoms with Crippen LogP contribution in [0.25, 0.3) is 11.1 Å². The zero-order valence-electron chi connectivity index (χ0n) is 22.8. The Bertz CT molecular complexity index is 1400. The van der Waals surface area contributed by atoms with E-state index in [2.05, 4.69) is 5.32 Å². The number of carbonyl (C=O) groups excluding carboxylic acids is 1. The molecule has 0 aliphatic carbocycles. The molecule has 10 heteroatoms. The van der Waals surface area contributed by atoms with Gasteiger partial charge in [0.05, 0.1) is 18.5 Å². The van der Waals surface area contributed by atoms with E-state index in [1.807, 2.05) is 39.0 Å². The molecular weight excluding hydrogens is 522 g/mol. The van der Waals surface area contributed by atoms with Gasteiger partial charge in [0.1, 0.15) is 47.9 Å². The third kappa shape index (κ3) is 6.00. The number of nitrogens with one attached hydrogen (secondary N) is 1. The van der Waals surface area contributed by atoms with E-state index in [9.17, 15) is 13.8 Å². The van der Waals surface area contributed by atoms with Crippen molar-refractivity contribution in [1.29, 1.82) is 0 Å². The van der Waals surface area contributed by atoms with Crippen molar-refractivity contribution in [1.82, 2.24) is 0 Å². The van der Waals surface area contributed by atoms with Crippen LogP contribution >= 0.6 is 8.69 Å². The van der Waals surface area contributed by atoms with Crippen molar-refractivity contribution in [3.05, 3.63) is 65.5 Å². The number of anilines is 2. The van der Waals surface area contributed by atoms with Gasteiger partial charge in [-0.3, -0.25) is 9.32 Å². The van der Waals surface area contributed by atoms with Crippen molar-refractivity contribution in [3.63, 3.8) is 0 Å². The number of carbonyl (C=O) groups is 1. The molecule has 1 heterocycles. The SMILES string of the molecule is COc1cc(OCC(C)OP=O)ccc1-c1ccc2c(c1COc1cc(F)ccc1C)N(C)C(=O)C(C)(C)N2. The first-order valence-corrected chi connectivity index (χ1v) is 13.2. The van der Waals surface area contributed by atoms with Crippen molar-refractivity contribution in [3.8, 4) is 28.4 Å². The Morgan fingerprint density at radius 3 is 2.51 bits per heavy atom. The zero-order valence-corrected chi connectivity index (χ0v) is 23.7. The molecule has 0 bridgehead atoms. The fraction of sp³-hybridized carbons (Fsp3) is 0.345. The largest absolute Gasteiger partial charge is 0.496 e. The average molecular weight is 555 g/mol. The molecule has 1 amide bonds. The molecule has 206 valence electrons. The highest BCUT2D eigenvalue weighted by molar-refractivity contribution is 7.17.